The molecule has 0 radical (unpaired) electrons. The molecule has 27 heavy (non-hydrogen) atoms. The zero-order valence-electron chi connectivity index (χ0n) is 15.4. The second kappa shape index (κ2) is 7.58. The van der Waals surface area contributed by atoms with Gasteiger partial charge in [0.25, 0.3) is 0 Å². The maximum Gasteiger partial charge on any atom is 0.336 e. The summed E-state index contributed by atoms with van der Waals surface area (Å²) in [7, 11) is 1.49. The zero-order valence-corrected chi connectivity index (χ0v) is 15.4. The molecule has 7 heteroatoms. The van der Waals surface area contributed by atoms with Crippen LogP contribution in [0.4, 0.5) is 0 Å². The Labute approximate surface area is 158 Å². The van der Waals surface area contributed by atoms with Crippen LogP contribution in [-0.4, -0.2) is 60.8 Å². The minimum atomic E-state index is -0.713. The normalized spacial score (nSPS) is 38.0. The Hall–Kier alpha value is -1.96. The summed E-state index contributed by atoms with van der Waals surface area (Å²) in [5, 5.41) is 19.4. The Bertz CT molecular complexity index is 682. The van der Waals surface area contributed by atoms with Crippen molar-refractivity contribution in [2.24, 2.45) is 23.7 Å². The molecule has 0 bridgehead atoms. The smallest absolute Gasteiger partial charge is 0.336 e. The van der Waals surface area contributed by atoms with Crippen molar-refractivity contribution in [2.75, 3.05) is 20.3 Å². The van der Waals surface area contributed by atoms with Crippen molar-refractivity contribution in [3.63, 3.8) is 0 Å². The SMILES string of the molecule is C=C(CO)C(=O)O[C@@H]1CC(=C)[C@H]2C[C@@H](O)C(=C)[C@H]2[C@@H]2OC(=O)[C@H](COC)[C@H]21. The fourth-order valence-corrected chi connectivity index (χ4v) is 4.66. The molecule has 3 aliphatic rings. The second-order valence-corrected chi connectivity index (χ2v) is 7.57. The highest BCUT2D eigenvalue weighted by molar-refractivity contribution is 5.88. The average molecular weight is 378 g/mol. The van der Waals surface area contributed by atoms with Gasteiger partial charge in [0.15, 0.2) is 0 Å². The molecule has 148 valence electrons. The van der Waals surface area contributed by atoms with Crippen LogP contribution in [0.1, 0.15) is 12.8 Å². The molecule has 0 spiro atoms. The molecule has 0 aromatic heterocycles. The summed E-state index contributed by atoms with van der Waals surface area (Å²) in [4.78, 5) is 24.7. The second-order valence-electron chi connectivity index (χ2n) is 7.57. The molecule has 7 atom stereocenters. The molecule has 1 saturated heterocycles. The van der Waals surface area contributed by atoms with E-state index in [-0.39, 0.29) is 24.0 Å². The zero-order chi connectivity index (χ0) is 19.9. The van der Waals surface area contributed by atoms with Crippen LogP contribution in [0.2, 0.25) is 0 Å². The minimum absolute atomic E-state index is 0.0602. The average Bonchev–Trinajstić information content (AvgIpc) is 3.07. The van der Waals surface area contributed by atoms with Crippen molar-refractivity contribution in [2.45, 2.75) is 31.2 Å². The number of rotatable bonds is 5. The Morgan fingerprint density at radius 1 is 1.37 bits per heavy atom. The van der Waals surface area contributed by atoms with Gasteiger partial charge in [0.2, 0.25) is 0 Å². The molecular weight excluding hydrogens is 352 g/mol. The highest BCUT2D eigenvalue weighted by Gasteiger charge is 2.59. The Kier molecular flexibility index (Phi) is 5.55. The van der Waals surface area contributed by atoms with Crippen LogP contribution in [-0.2, 0) is 23.8 Å². The van der Waals surface area contributed by atoms with E-state index in [2.05, 4.69) is 19.7 Å². The summed E-state index contributed by atoms with van der Waals surface area (Å²) < 4.78 is 16.5. The van der Waals surface area contributed by atoms with Crippen LogP contribution in [0, 0.1) is 23.7 Å². The number of esters is 2. The topological polar surface area (TPSA) is 102 Å². The Morgan fingerprint density at radius 3 is 2.70 bits per heavy atom. The quantitative estimate of drug-likeness (QED) is 0.414. The number of aliphatic hydroxyl groups is 2. The van der Waals surface area contributed by atoms with Crippen LogP contribution < -0.4 is 0 Å². The van der Waals surface area contributed by atoms with Gasteiger partial charge in [-0.05, 0) is 17.9 Å². The van der Waals surface area contributed by atoms with Gasteiger partial charge in [0.05, 0.1) is 30.8 Å². The summed E-state index contributed by atoms with van der Waals surface area (Å²) >= 11 is 0. The van der Waals surface area contributed by atoms with E-state index in [1.54, 1.807) is 0 Å². The van der Waals surface area contributed by atoms with Gasteiger partial charge in [-0.1, -0.05) is 25.3 Å². The minimum Gasteiger partial charge on any atom is -0.461 e. The molecule has 3 rings (SSSR count). The van der Waals surface area contributed by atoms with E-state index in [0.717, 1.165) is 5.57 Å². The first-order valence-electron chi connectivity index (χ1n) is 9.03. The number of fused-ring (bicyclic) bond motifs is 3. The lowest BCUT2D eigenvalue weighted by Gasteiger charge is -2.30. The van der Waals surface area contributed by atoms with Crippen LogP contribution in [0.5, 0.6) is 0 Å². The molecule has 0 aromatic rings. The Balaban J connectivity index is 1.98. The summed E-state index contributed by atoms with van der Waals surface area (Å²) in [6.45, 7) is 11.3. The molecule has 0 amide bonds. The number of aliphatic hydroxyl groups excluding tert-OH is 2. The first kappa shape index (κ1) is 19.8. The molecule has 1 heterocycles. The van der Waals surface area contributed by atoms with Gasteiger partial charge in [0.1, 0.15) is 12.2 Å². The lowest BCUT2D eigenvalue weighted by atomic mass is 9.79. The van der Waals surface area contributed by atoms with E-state index in [4.69, 9.17) is 19.3 Å². The third-order valence-electron chi connectivity index (χ3n) is 6.02. The first-order chi connectivity index (χ1) is 12.8. The number of hydrogen-bond donors (Lipinski definition) is 2. The lowest BCUT2D eigenvalue weighted by molar-refractivity contribution is -0.149. The monoisotopic (exact) mass is 378 g/mol. The third kappa shape index (κ3) is 3.35. The van der Waals surface area contributed by atoms with Crippen molar-refractivity contribution in [1.82, 2.24) is 0 Å². The Morgan fingerprint density at radius 2 is 2.07 bits per heavy atom. The third-order valence-corrected chi connectivity index (χ3v) is 6.02. The molecule has 0 aromatic carbocycles. The number of methoxy groups -OCH3 is 1. The molecule has 1 aliphatic heterocycles. The molecule has 7 nitrogen and oxygen atoms in total. The number of carbonyl (C=O) groups is 2. The molecule has 2 N–H and O–H groups in total. The van der Waals surface area contributed by atoms with Gasteiger partial charge in [-0.25, -0.2) is 4.79 Å². The molecular formula is C20H26O7. The van der Waals surface area contributed by atoms with Gasteiger partial charge in [-0.15, -0.1) is 0 Å². The van der Waals surface area contributed by atoms with Crippen molar-refractivity contribution < 1.29 is 34.0 Å². The van der Waals surface area contributed by atoms with Gasteiger partial charge in [-0.2, -0.15) is 0 Å². The molecule has 3 fully saturated rings. The molecule has 2 aliphatic carbocycles. The van der Waals surface area contributed by atoms with E-state index in [1.165, 1.54) is 7.11 Å². The summed E-state index contributed by atoms with van der Waals surface area (Å²) in [6.07, 6.45) is -1.12. The van der Waals surface area contributed by atoms with Crippen LogP contribution in [0.15, 0.2) is 36.5 Å². The predicted molar refractivity (Wildman–Crippen MR) is 95.3 cm³/mol. The van der Waals surface area contributed by atoms with Crippen molar-refractivity contribution in [3.05, 3.63) is 36.5 Å². The fraction of sp³-hybridized carbons (Fsp3) is 0.600. The summed E-state index contributed by atoms with van der Waals surface area (Å²) in [5.41, 5.74) is 1.38. The van der Waals surface area contributed by atoms with Crippen LogP contribution >= 0.6 is 0 Å². The summed E-state index contributed by atoms with van der Waals surface area (Å²) in [5.74, 6) is -2.55. The number of ether oxygens (including phenoxy) is 3. The number of hydrogen-bond acceptors (Lipinski definition) is 7. The summed E-state index contributed by atoms with van der Waals surface area (Å²) in [6, 6.07) is 0. The number of carbonyl (C=O) groups excluding carboxylic acids is 2. The van der Waals surface area contributed by atoms with Crippen molar-refractivity contribution in [3.8, 4) is 0 Å². The van der Waals surface area contributed by atoms with Crippen LogP contribution in [0.25, 0.3) is 0 Å². The van der Waals surface area contributed by atoms with Crippen LogP contribution in [0.3, 0.4) is 0 Å². The van der Waals surface area contributed by atoms with Gasteiger partial charge >= 0.3 is 11.9 Å². The highest BCUT2D eigenvalue weighted by atomic mass is 16.6. The predicted octanol–water partition coefficient (Wildman–Crippen LogP) is 0.764. The van der Waals surface area contributed by atoms with E-state index in [9.17, 15) is 14.7 Å². The first-order valence-corrected chi connectivity index (χ1v) is 9.03. The van der Waals surface area contributed by atoms with Gasteiger partial charge in [0, 0.05) is 25.4 Å². The maximum atomic E-state index is 12.5. The van der Waals surface area contributed by atoms with Crippen molar-refractivity contribution in [1.29, 1.82) is 0 Å². The van der Waals surface area contributed by atoms with E-state index < -0.39 is 48.7 Å². The molecule has 2 saturated carbocycles. The van der Waals surface area contributed by atoms with E-state index in [0.29, 0.717) is 18.4 Å². The van der Waals surface area contributed by atoms with Crippen molar-refractivity contribution >= 4 is 11.9 Å². The standard InChI is InChI=1S/C20H26O7/c1-9-5-15(26-19(23)10(2)7-21)17-13(8-25-4)20(24)27-18(17)16-11(3)14(22)6-12(9)16/h12-18,21-22H,1-3,5-8H2,4H3/t12-,13-,14-,15-,16-,17+,18+/m1/s1. The van der Waals surface area contributed by atoms with E-state index in [1.807, 2.05) is 0 Å². The lowest BCUT2D eigenvalue weighted by Crippen LogP contribution is -2.40. The van der Waals surface area contributed by atoms with Gasteiger partial charge < -0.3 is 24.4 Å². The fourth-order valence-electron chi connectivity index (χ4n) is 4.66. The highest BCUT2D eigenvalue weighted by Crippen LogP contribution is 2.53. The maximum absolute atomic E-state index is 12.5. The largest absolute Gasteiger partial charge is 0.461 e. The van der Waals surface area contributed by atoms with E-state index >= 15 is 0 Å². The van der Waals surface area contributed by atoms with Gasteiger partial charge in [-0.3, -0.25) is 4.79 Å². The molecule has 0 unspecified atom stereocenters.